The minimum atomic E-state index is -3.58. The Labute approximate surface area is 137 Å². The molecular weight excluding hydrogens is 323 g/mol. The highest BCUT2D eigenvalue weighted by molar-refractivity contribution is 7.86. The third-order valence-electron chi connectivity index (χ3n) is 3.61. The lowest BCUT2D eigenvalue weighted by atomic mass is 10.3. The molecule has 0 bridgehead atoms. The maximum Gasteiger partial charge on any atom is 0.282 e. The van der Waals surface area contributed by atoms with Crippen molar-refractivity contribution in [1.29, 1.82) is 0 Å². The van der Waals surface area contributed by atoms with Crippen molar-refractivity contribution in [1.82, 2.24) is 8.61 Å². The topological polar surface area (TPSA) is 59.1 Å². The molecule has 0 aliphatic carbocycles. The van der Waals surface area contributed by atoms with E-state index in [0.717, 1.165) is 0 Å². The molecule has 0 N–H and O–H groups in total. The van der Waals surface area contributed by atoms with Crippen LogP contribution >= 0.6 is 0 Å². The Morgan fingerprint density at radius 1 is 1.30 bits per heavy atom. The van der Waals surface area contributed by atoms with E-state index >= 15 is 0 Å². The van der Waals surface area contributed by atoms with E-state index in [0.29, 0.717) is 13.1 Å². The van der Waals surface area contributed by atoms with Gasteiger partial charge in [-0.05, 0) is 26.0 Å². The van der Waals surface area contributed by atoms with Crippen molar-refractivity contribution in [2.75, 3.05) is 33.3 Å². The lowest BCUT2D eigenvalue weighted by Gasteiger charge is -2.36. The van der Waals surface area contributed by atoms with Gasteiger partial charge >= 0.3 is 0 Å². The fourth-order valence-electron chi connectivity index (χ4n) is 2.48. The van der Waals surface area contributed by atoms with Gasteiger partial charge in [0.05, 0.1) is 12.2 Å². The zero-order chi connectivity index (χ0) is 17.0. The molecule has 1 aromatic carbocycles. The highest BCUT2D eigenvalue weighted by Crippen LogP contribution is 2.18. The van der Waals surface area contributed by atoms with Crippen LogP contribution in [0.2, 0.25) is 0 Å². The third kappa shape index (κ3) is 4.63. The third-order valence-corrected chi connectivity index (χ3v) is 5.53. The molecule has 2 atom stereocenters. The highest BCUT2D eigenvalue weighted by atomic mass is 32.2. The van der Waals surface area contributed by atoms with Crippen LogP contribution in [0.3, 0.4) is 0 Å². The molecule has 1 aliphatic heterocycles. The Morgan fingerprint density at radius 2 is 1.91 bits per heavy atom. The van der Waals surface area contributed by atoms with E-state index < -0.39 is 16.0 Å². The molecule has 1 aromatic rings. The van der Waals surface area contributed by atoms with E-state index in [-0.39, 0.29) is 31.1 Å². The fraction of sp³-hybridized carbons (Fsp3) is 0.600. The van der Waals surface area contributed by atoms with Crippen molar-refractivity contribution in [3.05, 3.63) is 30.1 Å². The van der Waals surface area contributed by atoms with Gasteiger partial charge in [0, 0.05) is 26.7 Å². The smallest absolute Gasteiger partial charge is 0.282 e. The molecule has 6 nitrogen and oxygen atoms in total. The van der Waals surface area contributed by atoms with Crippen LogP contribution in [0.15, 0.2) is 24.3 Å². The number of para-hydroxylation sites is 1. The SMILES string of the molecule is C[C@H]1CN(S(=O)(=O)N(C)CCOc2ccccc2F)C[C@H](C)O1. The first-order valence-electron chi connectivity index (χ1n) is 7.55. The van der Waals surface area contributed by atoms with Crippen molar-refractivity contribution in [3.8, 4) is 5.75 Å². The maximum atomic E-state index is 13.4. The predicted molar refractivity (Wildman–Crippen MR) is 85.0 cm³/mol. The number of rotatable bonds is 6. The lowest BCUT2D eigenvalue weighted by Crippen LogP contribution is -2.52. The minimum absolute atomic E-state index is 0.0755. The molecule has 130 valence electrons. The molecule has 0 spiro atoms. The Kier molecular flexibility index (Phi) is 5.96. The maximum absolute atomic E-state index is 13.4. The van der Waals surface area contributed by atoms with Crippen LogP contribution in [0.25, 0.3) is 0 Å². The summed E-state index contributed by atoms with van der Waals surface area (Å²) in [5.41, 5.74) is 0. The van der Waals surface area contributed by atoms with Crippen LogP contribution in [0.4, 0.5) is 4.39 Å². The molecule has 1 fully saturated rings. The number of morpholine rings is 1. The van der Waals surface area contributed by atoms with Crippen LogP contribution in [-0.2, 0) is 14.9 Å². The average Bonchev–Trinajstić information content (AvgIpc) is 2.48. The van der Waals surface area contributed by atoms with Gasteiger partial charge in [-0.15, -0.1) is 0 Å². The number of ether oxygens (including phenoxy) is 2. The largest absolute Gasteiger partial charge is 0.489 e. The van der Waals surface area contributed by atoms with Crippen LogP contribution in [0.5, 0.6) is 5.75 Å². The van der Waals surface area contributed by atoms with Crippen molar-refractivity contribution in [2.45, 2.75) is 26.1 Å². The normalized spacial score (nSPS) is 23.2. The Hall–Kier alpha value is -1.22. The molecule has 0 saturated carbocycles. The van der Waals surface area contributed by atoms with E-state index in [9.17, 15) is 12.8 Å². The Balaban J connectivity index is 1.91. The first-order chi connectivity index (χ1) is 10.8. The lowest BCUT2D eigenvalue weighted by molar-refractivity contribution is -0.0453. The number of hydrogen-bond donors (Lipinski definition) is 0. The Bertz CT molecular complexity index is 616. The molecule has 0 amide bonds. The van der Waals surface area contributed by atoms with Crippen molar-refractivity contribution in [3.63, 3.8) is 0 Å². The Morgan fingerprint density at radius 3 is 2.52 bits per heavy atom. The van der Waals surface area contributed by atoms with Gasteiger partial charge in [-0.3, -0.25) is 0 Å². The highest BCUT2D eigenvalue weighted by Gasteiger charge is 2.33. The minimum Gasteiger partial charge on any atom is -0.489 e. The van der Waals surface area contributed by atoms with E-state index in [2.05, 4.69) is 0 Å². The molecule has 2 rings (SSSR count). The van der Waals surface area contributed by atoms with Gasteiger partial charge < -0.3 is 9.47 Å². The zero-order valence-electron chi connectivity index (χ0n) is 13.6. The predicted octanol–water partition coefficient (Wildman–Crippen LogP) is 1.49. The summed E-state index contributed by atoms with van der Waals surface area (Å²) in [5.74, 6) is -0.347. The van der Waals surface area contributed by atoms with Gasteiger partial charge in [0.1, 0.15) is 6.61 Å². The monoisotopic (exact) mass is 346 g/mol. The van der Waals surface area contributed by atoms with Gasteiger partial charge in [0.2, 0.25) is 0 Å². The van der Waals surface area contributed by atoms with Crippen molar-refractivity contribution in [2.24, 2.45) is 0 Å². The van der Waals surface area contributed by atoms with Crippen LogP contribution in [0.1, 0.15) is 13.8 Å². The second kappa shape index (κ2) is 7.57. The van der Waals surface area contributed by atoms with Crippen LogP contribution in [-0.4, -0.2) is 62.5 Å². The van der Waals surface area contributed by atoms with Gasteiger partial charge in [-0.1, -0.05) is 12.1 Å². The molecule has 23 heavy (non-hydrogen) atoms. The van der Waals surface area contributed by atoms with E-state index in [1.807, 2.05) is 13.8 Å². The summed E-state index contributed by atoms with van der Waals surface area (Å²) >= 11 is 0. The van der Waals surface area contributed by atoms with E-state index in [1.165, 1.54) is 27.8 Å². The first kappa shape index (κ1) is 18.1. The number of benzene rings is 1. The number of likely N-dealkylation sites (N-methyl/N-ethyl adjacent to an activating group) is 1. The van der Waals surface area contributed by atoms with Gasteiger partial charge in [0.25, 0.3) is 10.2 Å². The molecule has 1 saturated heterocycles. The quantitative estimate of drug-likeness (QED) is 0.783. The molecule has 8 heteroatoms. The summed E-state index contributed by atoms with van der Waals surface area (Å²) < 4.78 is 52.0. The van der Waals surface area contributed by atoms with Crippen LogP contribution in [0, 0.1) is 5.82 Å². The molecule has 0 aromatic heterocycles. The molecule has 1 heterocycles. The summed E-state index contributed by atoms with van der Waals surface area (Å²) in [5, 5.41) is 0. The van der Waals surface area contributed by atoms with E-state index in [4.69, 9.17) is 9.47 Å². The average molecular weight is 346 g/mol. The van der Waals surface area contributed by atoms with Crippen molar-refractivity contribution >= 4 is 10.2 Å². The molecule has 0 radical (unpaired) electrons. The number of hydrogen-bond acceptors (Lipinski definition) is 4. The summed E-state index contributed by atoms with van der Waals surface area (Å²) in [7, 11) is -2.09. The molecule has 1 aliphatic rings. The van der Waals surface area contributed by atoms with Crippen LogP contribution < -0.4 is 4.74 Å². The summed E-state index contributed by atoms with van der Waals surface area (Å²) in [6.07, 6.45) is -0.284. The van der Waals surface area contributed by atoms with Gasteiger partial charge in [-0.2, -0.15) is 17.0 Å². The van der Waals surface area contributed by atoms with Gasteiger partial charge in [0.15, 0.2) is 11.6 Å². The number of nitrogens with zero attached hydrogens (tertiary/aromatic N) is 2. The zero-order valence-corrected chi connectivity index (χ0v) is 14.4. The molecule has 0 unspecified atom stereocenters. The first-order valence-corrected chi connectivity index (χ1v) is 8.94. The molecular formula is C15H23FN2O4S. The summed E-state index contributed by atoms with van der Waals surface area (Å²) in [4.78, 5) is 0. The standard InChI is InChI=1S/C15H23FN2O4S/c1-12-10-18(11-13(2)22-12)23(19,20)17(3)8-9-21-15-7-5-4-6-14(15)16/h4-7,12-13H,8-11H2,1-3H3/t12-,13-/m0/s1. The number of halogens is 1. The van der Waals surface area contributed by atoms with Crippen molar-refractivity contribution < 1.29 is 22.3 Å². The fourth-order valence-corrected chi connectivity index (χ4v) is 3.97. The second-order valence-corrected chi connectivity index (χ2v) is 7.72. The van der Waals surface area contributed by atoms with Gasteiger partial charge in [-0.25, -0.2) is 4.39 Å². The summed E-state index contributed by atoms with van der Waals surface area (Å²) in [6, 6.07) is 6.04. The van der Waals surface area contributed by atoms with E-state index in [1.54, 1.807) is 12.1 Å². The summed E-state index contributed by atoms with van der Waals surface area (Å²) in [6.45, 7) is 4.55. The second-order valence-electron chi connectivity index (χ2n) is 5.68.